The molecule has 168 valence electrons. The Hall–Kier alpha value is -2.86. The van der Waals surface area contributed by atoms with E-state index in [0.717, 1.165) is 28.1 Å². The molecule has 0 radical (unpaired) electrons. The van der Waals surface area contributed by atoms with Gasteiger partial charge in [0.2, 0.25) is 15.9 Å². The van der Waals surface area contributed by atoms with Crippen molar-refractivity contribution in [2.45, 2.75) is 17.6 Å². The summed E-state index contributed by atoms with van der Waals surface area (Å²) in [7, 11) is -2.60. The van der Waals surface area contributed by atoms with Crippen molar-refractivity contribution in [1.29, 1.82) is 0 Å². The van der Waals surface area contributed by atoms with E-state index in [-0.39, 0.29) is 38.8 Å². The van der Waals surface area contributed by atoms with Crippen molar-refractivity contribution < 1.29 is 31.1 Å². The van der Waals surface area contributed by atoms with Crippen molar-refractivity contribution in [2.75, 3.05) is 33.3 Å². The number of alkyl halides is 3. The fourth-order valence-corrected chi connectivity index (χ4v) is 4.51. The van der Waals surface area contributed by atoms with E-state index in [1.807, 2.05) is 0 Å². The summed E-state index contributed by atoms with van der Waals surface area (Å²) in [5.74, 6) is 0.452. The molecule has 1 fully saturated rings. The predicted octanol–water partition coefficient (Wildman–Crippen LogP) is 2.33. The Morgan fingerprint density at radius 1 is 1.16 bits per heavy atom. The molecule has 0 saturated carbocycles. The Morgan fingerprint density at radius 2 is 1.87 bits per heavy atom. The first kappa shape index (κ1) is 22.8. The van der Waals surface area contributed by atoms with E-state index in [4.69, 9.17) is 4.74 Å². The summed E-state index contributed by atoms with van der Waals surface area (Å²) in [6, 6.07) is 6.69. The summed E-state index contributed by atoms with van der Waals surface area (Å²) in [5.41, 5.74) is -0.264. The van der Waals surface area contributed by atoms with Gasteiger partial charge < -0.3 is 15.0 Å². The number of nitrogens with one attached hydrogen (secondary N) is 1. The van der Waals surface area contributed by atoms with Crippen molar-refractivity contribution in [1.82, 2.24) is 19.5 Å². The van der Waals surface area contributed by atoms with Crippen molar-refractivity contribution in [3.05, 3.63) is 53.7 Å². The Labute approximate surface area is 177 Å². The molecule has 1 aliphatic heterocycles. The van der Waals surface area contributed by atoms with E-state index in [0.29, 0.717) is 11.9 Å². The number of carbonyl (C=O) groups excluding carboxylic acids is 1. The number of amides is 2. The lowest BCUT2D eigenvalue weighted by Gasteiger charge is -2.34. The van der Waals surface area contributed by atoms with Gasteiger partial charge >= 0.3 is 12.2 Å². The largest absolute Gasteiger partial charge is 0.481 e. The highest BCUT2D eigenvalue weighted by Crippen LogP contribution is 2.31. The quantitative estimate of drug-likeness (QED) is 0.743. The second-order valence-electron chi connectivity index (χ2n) is 6.78. The second kappa shape index (κ2) is 9.10. The summed E-state index contributed by atoms with van der Waals surface area (Å²) in [5, 5.41) is 2.73. The molecule has 0 unspecified atom stereocenters. The summed E-state index contributed by atoms with van der Waals surface area (Å²) < 4.78 is 70.2. The van der Waals surface area contributed by atoms with Crippen LogP contribution in [0.15, 0.2) is 47.5 Å². The number of hydrogen-bond acceptors (Lipinski definition) is 5. The van der Waals surface area contributed by atoms with Gasteiger partial charge in [-0.2, -0.15) is 17.5 Å². The molecule has 1 aromatic heterocycles. The van der Waals surface area contributed by atoms with Crippen LogP contribution in [-0.4, -0.2) is 61.9 Å². The number of pyridine rings is 1. The molecule has 1 aromatic carbocycles. The van der Waals surface area contributed by atoms with E-state index in [1.54, 1.807) is 18.3 Å². The number of nitrogens with zero attached hydrogens (tertiary/aromatic N) is 3. The molecule has 12 heteroatoms. The van der Waals surface area contributed by atoms with Crippen LogP contribution in [0.2, 0.25) is 0 Å². The predicted molar refractivity (Wildman–Crippen MR) is 105 cm³/mol. The number of rotatable bonds is 5. The van der Waals surface area contributed by atoms with Crippen LogP contribution >= 0.6 is 0 Å². The lowest BCUT2D eigenvalue weighted by molar-refractivity contribution is -0.137. The summed E-state index contributed by atoms with van der Waals surface area (Å²) in [4.78, 5) is 17.4. The van der Waals surface area contributed by atoms with Crippen molar-refractivity contribution in [2.24, 2.45) is 0 Å². The first-order chi connectivity index (χ1) is 14.6. The number of aromatic nitrogens is 1. The van der Waals surface area contributed by atoms with Gasteiger partial charge in [-0.1, -0.05) is 12.1 Å². The van der Waals surface area contributed by atoms with Crippen LogP contribution in [0.25, 0.3) is 0 Å². The van der Waals surface area contributed by atoms with E-state index < -0.39 is 26.7 Å². The fraction of sp³-hybridized carbons (Fsp3) is 0.368. The molecule has 0 aliphatic carbocycles. The van der Waals surface area contributed by atoms with Gasteiger partial charge in [0.15, 0.2) is 0 Å². The van der Waals surface area contributed by atoms with Crippen LogP contribution in [0.3, 0.4) is 0 Å². The molecule has 0 spiro atoms. The average molecular weight is 458 g/mol. The minimum atomic E-state index is -4.64. The Bertz CT molecular complexity index is 1020. The van der Waals surface area contributed by atoms with Crippen LogP contribution in [0.5, 0.6) is 5.88 Å². The van der Waals surface area contributed by atoms with E-state index in [9.17, 15) is 26.4 Å². The second-order valence-corrected chi connectivity index (χ2v) is 8.72. The molecule has 2 heterocycles. The standard InChI is InChI=1S/C19H21F3N4O4S/c1-30-17-6-5-14(12-23-17)13-24-18(27)25-7-9-26(10-8-25)31(28,29)16-4-2-3-15(11-16)19(20,21)22/h2-6,11-12H,7-10,13H2,1H3,(H,24,27). The van der Waals surface area contributed by atoms with E-state index in [1.165, 1.54) is 12.0 Å². The lowest BCUT2D eigenvalue weighted by atomic mass is 10.2. The highest BCUT2D eigenvalue weighted by Gasteiger charge is 2.34. The first-order valence-corrected chi connectivity index (χ1v) is 10.7. The van der Waals surface area contributed by atoms with Crippen molar-refractivity contribution >= 4 is 16.1 Å². The van der Waals surface area contributed by atoms with Crippen LogP contribution in [0.4, 0.5) is 18.0 Å². The number of urea groups is 1. The molecule has 2 aromatic rings. The Morgan fingerprint density at radius 3 is 2.45 bits per heavy atom. The van der Waals surface area contributed by atoms with Gasteiger partial charge in [-0.25, -0.2) is 18.2 Å². The third-order valence-corrected chi connectivity index (χ3v) is 6.67. The maximum Gasteiger partial charge on any atom is 0.416 e. The Kier molecular flexibility index (Phi) is 6.70. The third-order valence-electron chi connectivity index (χ3n) is 4.78. The molecular weight excluding hydrogens is 437 g/mol. The van der Waals surface area contributed by atoms with Gasteiger partial charge in [-0.15, -0.1) is 0 Å². The highest BCUT2D eigenvalue weighted by atomic mass is 32.2. The molecular formula is C19H21F3N4O4S. The highest BCUT2D eigenvalue weighted by molar-refractivity contribution is 7.89. The molecule has 1 saturated heterocycles. The molecule has 1 N–H and O–H groups in total. The molecule has 3 rings (SSSR count). The minimum Gasteiger partial charge on any atom is -0.481 e. The first-order valence-electron chi connectivity index (χ1n) is 9.30. The van der Waals surface area contributed by atoms with E-state index >= 15 is 0 Å². The summed E-state index contributed by atoms with van der Waals surface area (Å²) in [6.07, 6.45) is -3.07. The van der Waals surface area contributed by atoms with Crippen molar-refractivity contribution in [3.63, 3.8) is 0 Å². The summed E-state index contributed by atoms with van der Waals surface area (Å²) in [6.45, 7) is 0.431. The monoisotopic (exact) mass is 458 g/mol. The van der Waals surface area contributed by atoms with Gasteiger partial charge in [-0.3, -0.25) is 0 Å². The summed E-state index contributed by atoms with van der Waals surface area (Å²) >= 11 is 0. The number of piperazine rings is 1. The number of sulfonamides is 1. The zero-order chi connectivity index (χ0) is 22.6. The molecule has 0 bridgehead atoms. The topological polar surface area (TPSA) is 91.8 Å². The normalized spacial score (nSPS) is 15.5. The van der Waals surface area contributed by atoms with Crippen LogP contribution in [0, 0.1) is 0 Å². The van der Waals surface area contributed by atoms with Gasteiger partial charge in [0.05, 0.1) is 17.6 Å². The number of hydrogen-bond donors (Lipinski definition) is 1. The molecule has 31 heavy (non-hydrogen) atoms. The number of halogens is 3. The SMILES string of the molecule is COc1ccc(CNC(=O)N2CCN(S(=O)(=O)c3cccc(C(F)(F)F)c3)CC2)cn1. The zero-order valence-electron chi connectivity index (χ0n) is 16.6. The Balaban J connectivity index is 1.57. The molecule has 1 aliphatic rings. The van der Waals surface area contributed by atoms with Gasteiger partial charge in [0, 0.05) is 45.0 Å². The van der Waals surface area contributed by atoms with Crippen molar-refractivity contribution in [3.8, 4) is 5.88 Å². The van der Waals surface area contributed by atoms with Gasteiger partial charge in [0.25, 0.3) is 0 Å². The van der Waals surface area contributed by atoms with Gasteiger partial charge in [0.1, 0.15) is 0 Å². The number of carbonyl (C=O) groups is 1. The number of methoxy groups -OCH3 is 1. The lowest BCUT2D eigenvalue weighted by Crippen LogP contribution is -2.52. The maximum absolute atomic E-state index is 12.9. The van der Waals surface area contributed by atoms with Crippen LogP contribution < -0.4 is 10.1 Å². The van der Waals surface area contributed by atoms with E-state index in [2.05, 4.69) is 10.3 Å². The fourth-order valence-electron chi connectivity index (χ4n) is 3.04. The van der Waals surface area contributed by atoms with Crippen LogP contribution in [0.1, 0.15) is 11.1 Å². The molecule has 8 nitrogen and oxygen atoms in total. The average Bonchev–Trinajstić information content (AvgIpc) is 2.77. The number of benzene rings is 1. The van der Waals surface area contributed by atoms with Crippen LogP contribution in [-0.2, 0) is 22.7 Å². The smallest absolute Gasteiger partial charge is 0.416 e. The molecule has 0 atom stereocenters. The van der Waals surface area contributed by atoms with Gasteiger partial charge in [-0.05, 0) is 23.8 Å². The molecule has 2 amide bonds. The third kappa shape index (κ3) is 5.44. The zero-order valence-corrected chi connectivity index (χ0v) is 17.4. The maximum atomic E-state index is 12.9. The number of ether oxygens (including phenoxy) is 1. The minimum absolute atomic E-state index is 0.0178.